The van der Waals surface area contributed by atoms with E-state index in [9.17, 15) is 4.79 Å². The van der Waals surface area contributed by atoms with E-state index in [0.29, 0.717) is 6.42 Å². The monoisotopic (exact) mass is 412 g/mol. The summed E-state index contributed by atoms with van der Waals surface area (Å²) in [6, 6.07) is 8.47. The quantitative estimate of drug-likeness (QED) is 0.561. The number of ether oxygens (including phenoxy) is 4. The molecule has 4 fully saturated rings. The van der Waals surface area contributed by atoms with E-state index in [1.807, 2.05) is 6.07 Å². The summed E-state index contributed by atoms with van der Waals surface area (Å²) in [7, 11) is 1.61. The average molecular weight is 412 g/mol. The van der Waals surface area contributed by atoms with Gasteiger partial charge in [0.1, 0.15) is 0 Å². The van der Waals surface area contributed by atoms with E-state index in [1.54, 1.807) is 7.11 Å². The molecule has 1 aromatic carbocycles. The van der Waals surface area contributed by atoms with Gasteiger partial charge in [-0.25, -0.2) is 0 Å². The maximum atomic E-state index is 11.9. The van der Waals surface area contributed by atoms with Crippen LogP contribution in [0.4, 0.5) is 0 Å². The zero-order valence-electron chi connectivity index (χ0n) is 17.4. The van der Waals surface area contributed by atoms with E-state index in [4.69, 9.17) is 18.9 Å². The summed E-state index contributed by atoms with van der Waals surface area (Å²) in [6.45, 7) is 6.45. The van der Waals surface area contributed by atoms with Crippen LogP contribution in [0.25, 0.3) is 10.9 Å². The number of esters is 1. The number of aromatic amines is 1. The molecular formula is C23H28N2O5. The molecule has 4 bridgehead atoms. The Morgan fingerprint density at radius 3 is 3.03 bits per heavy atom. The first-order valence-electron chi connectivity index (χ1n) is 10.5. The molecule has 6 atom stereocenters. The van der Waals surface area contributed by atoms with Gasteiger partial charge in [0.15, 0.2) is 12.6 Å². The van der Waals surface area contributed by atoms with Crippen molar-refractivity contribution in [3.05, 3.63) is 48.2 Å². The molecule has 30 heavy (non-hydrogen) atoms. The number of rotatable bonds is 6. The van der Waals surface area contributed by atoms with Gasteiger partial charge in [0, 0.05) is 43.6 Å². The van der Waals surface area contributed by atoms with Crippen LogP contribution in [0.3, 0.4) is 0 Å². The Labute approximate surface area is 175 Å². The van der Waals surface area contributed by atoms with Crippen LogP contribution in [0.15, 0.2) is 42.6 Å². The highest BCUT2D eigenvalue weighted by Crippen LogP contribution is 2.56. The smallest absolute Gasteiger partial charge is 0.305 e. The van der Waals surface area contributed by atoms with Crippen molar-refractivity contribution in [3.63, 3.8) is 0 Å². The lowest BCUT2D eigenvalue weighted by atomic mass is 9.66. The molecular weight excluding hydrogens is 384 g/mol. The van der Waals surface area contributed by atoms with Gasteiger partial charge in [0.05, 0.1) is 5.92 Å². The largest absolute Gasteiger partial charge is 0.433 e. The van der Waals surface area contributed by atoms with Crippen molar-refractivity contribution in [2.45, 2.75) is 50.6 Å². The topological polar surface area (TPSA) is 81.8 Å². The van der Waals surface area contributed by atoms with Crippen LogP contribution in [0, 0.1) is 11.8 Å². The minimum absolute atomic E-state index is 0.112. The maximum Gasteiger partial charge on any atom is 0.305 e. The van der Waals surface area contributed by atoms with E-state index in [-0.39, 0.29) is 23.8 Å². The van der Waals surface area contributed by atoms with Gasteiger partial charge in [-0.1, -0.05) is 24.8 Å². The fourth-order valence-corrected chi connectivity index (χ4v) is 5.47. The molecule has 160 valence electrons. The van der Waals surface area contributed by atoms with Gasteiger partial charge < -0.3 is 29.2 Å². The molecule has 2 aromatic rings. The third kappa shape index (κ3) is 3.17. The number of nitrogens with one attached hydrogen (secondary N) is 2. The Balaban J connectivity index is 1.31. The van der Waals surface area contributed by atoms with Gasteiger partial charge >= 0.3 is 5.97 Å². The van der Waals surface area contributed by atoms with Crippen LogP contribution in [0.5, 0.6) is 0 Å². The first-order valence-corrected chi connectivity index (χ1v) is 10.5. The summed E-state index contributed by atoms with van der Waals surface area (Å²) in [4.78, 5) is 15.3. The minimum atomic E-state index is -1.04. The minimum Gasteiger partial charge on any atom is -0.433 e. The normalized spacial score (nSPS) is 35.0. The number of carbonyl (C=O) groups is 1. The lowest BCUT2D eigenvalue weighted by Gasteiger charge is -2.60. The number of hydrogen-bond acceptors (Lipinski definition) is 6. The molecule has 1 saturated carbocycles. The summed E-state index contributed by atoms with van der Waals surface area (Å²) in [5.74, 6) is -1.50. The third-order valence-corrected chi connectivity index (χ3v) is 6.70. The van der Waals surface area contributed by atoms with E-state index >= 15 is 0 Å². The van der Waals surface area contributed by atoms with Crippen LogP contribution in [-0.2, 0) is 30.2 Å². The predicted octanol–water partition coefficient (Wildman–Crippen LogP) is 2.87. The van der Waals surface area contributed by atoms with Crippen molar-refractivity contribution in [3.8, 4) is 0 Å². The van der Waals surface area contributed by atoms with Crippen LogP contribution in [-0.4, -0.2) is 49.0 Å². The molecule has 0 amide bonds. The van der Waals surface area contributed by atoms with Gasteiger partial charge in [-0.3, -0.25) is 4.79 Å². The van der Waals surface area contributed by atoms with Crippen LogP contribution in [0.2, 0.25) is 0 Å². The fourth-order valence-electron chi connectivity index (χ4n) is 5.47. The van der Waals surface area contributed by atoms with Crippen LogP contribution < -0.4 is 5.32 Å². The van der Waals surface area contributed by atoms with E-state index in [2.05, 4.69) is 41.3 Å². The summed E-state index contributed by atoms with van der Waals surface area (Å²) in [5, 5.41) is 4.91. The second-order valence-electron chi connectivity index (χ2n) is 8.50. The fraction of sp³-hybridized carbons (Fsp3) is 0.522. The van der Waals surface area contributed by atoms with Crippen LogP contribution in [0.1, 0.15) is 25.3 Å². The summed E-state index contributed by atoms with van der Waals surface area (Å²) in [6.07, 6.45) is 3.37. The number of H-pyrrole nitrogens is 1. The second-order valence-corrected chi connectivity index (χ2v) is 8.50. The molecule has 6 rings (SSSR count). The van der Waals surface area contributed by atoms with Crippen molar-refractivity contribution < 1.29 is 23.7 Å². The van der Waals surface area contributed by atoms with Gasteiger partial charge in [-0.15, -0.1) is 0 Å². The van der Waals surface area contributed by atoms with E-state index in [1.165, 1.54) is 17.9 Å². The van der Waals surface area contributed by atoms with E-state index < -0.39 is 18.4 Å². The lowest BCUT2D eigenvalue weighted by Crippen LogP contribution is -2.70. The third-order valence-electron chi connectivity index (χ3n) is 6.70. The molecule has 1 aromatic heterocycles. The predicted molar refractivity (Wildman–Crippen MR) is 110 cm³/mol. The van der Waals surface area contributed by atoms with Crippen LogP contribution >= 0.6 is 0 Å². The lowest BCUT2D eigenvalue weighted by molar-refractivity contribution is -0.439. The highest BCUT2D eigenvalue weighted by molar-refractivity contribution is 5.83. The number of para-hydroxylation sites is 1. The van der Waals surface area contributed by atoms with Crippen molar-refractivity contribution in [1.82, 2.24) is 10.3 Å². The van der Waals surface area contributed by atoms with E-state index in [0.717, 1.165) is 30.5 Å². The number of methoxy groups -OCH3 is 1. The van der Waals surface area contributed by atoms with Gasteiger partial charge in [0.2, 0.25) is 5.79 Å². The maximum absolute atomic E-state index is 11.9. The first kappa shape index (κ1) is 19.8. The Kier molecular flexibility index (Phi) is 4.94. The summed E-state index contributed by atoms with van der Waals surface area (Å²) < 4.78 is 23.3. The average Bonchev–Trinajstić information content (AvgIpc) is 3.13. The van der Waals surface area contributed by atoms with Crippen molar-refractivity contribution in [1.29, 1.82) is 0 Å². The SMILES string of the molecule is C=C1C2OC(OC)C3C1CC(NCCc1c[nH]c4ccccc14)CC3(OC(C)=O)O2. The molecule has 4 aliphatic rings. The summed E-state index contributed by atoms with van der Waals surface area (Å²) >= 11 is 0. The zero-order valence-corrected chi connectivity index (χ0v) is 17.4. The Morgan fingerprint density at radius 1 is 1.40 bits per heavy atom. The molecule has 0 spiro atoms. The van der Waals surface area contributed by atoms with Crippen molar-refractivity contribution >= 4 is 16.9 Å². The van der Waals surface area contributed by atoms with Gasteiger partial charge in [0.25, 0.3) is 0 Å². The Morgan fingerprint density at radius 2 is 2.23 bits per heavy atom. The Bertz CT molecular complexity index is 971. The molecule has 7 nitrogen and oxygen atoms in total. The molecule has 7 heteroatoms. The highest BCUT2D eigenvalue weighted by atomic mass is 16.8. The van der Waals surface area contributed by atoms with Crippen molar-refractivity contribution in [2.24, 2.45) is 11.8 Å². The molecule has 1 aliphatic carbocycles. The molecule has 3 saturated heterocycles. The number of hydrogen-bond donors (Lipinski definition) is 2. The number of carbonyl (C=O) groups excluding carboxylic acids is 1. The standard InChI is InChI=1S/C23H28N2O5/c1-13-18-10-16(24-9-8-15-12-25-19-7-5-4-6-17(15)19)11-23(29-14(2)26)20(18)22(27-3)28-21(13)30-23/h4-7,12,16,18,20-22,24-25H,1,8-11H2,2-3H3. The Hall–Kier alpha value is -2.19. The number of aromatic nitrogens is 1. The van der Waals surface area contributed by atoms with Gasteiger partial charge in [-0.05, 0) is 42.5 Å². The number of benzene rings is 1. The molecule has 2 N–H and O–H groups in total. The molecule has 6 unspecified atom stereocenters. The molecule has 0 radical (unpaired) electrons. The second kappa shape index (κ2) is 7.50. The first-order chi connectivity index (χ1) is 14.5. The highest BCUT2D eigenvalue weighted by Gasteiger charge is 2.65. The van der Waals surface area contributed by atoms with Gasteiger partial charge in [-0.2, -0.15) is 0 Å². The zero-order chi connectivity index (χ0) is 20.9. The number of fused-ring (bicyclic) bond motifs is 2. The molecule has 4 heterocycles. The molecule has 3 aliphatic heterocycles. The van der Waals surface area contributed by atoms with Crippen molar-refractivity contribution in [2.75, 3.05) is 13.7 Å². The summed E-state index contributed by atoms with van der Waals surface area (Å²) in [5.41, 5.74) is 3.34.